The van der Waals surface area contributed by atoms with Gasteiger partial charge >= 0.3 is 6.18 Å². The Kier molecular flexibility index (Phi) is 6.33. The SMILES string of the molecule is C[C@H](CNC(=O)C[C@@](C)(O)C(F)(F)F)[C@H]1CCC[C@H]2[C@@H](O)CCC[C@]12C. The lowest BCUT2D eigenvalue weighted by Crippen LogP contribution is -2.51. The third-order valence-corrected chi connectivity index (χ3v) is 6.83. The number of halogens is 3. The average Bonchev–Trinajstić information content (AvgIpc) is 2.50. The quantitative estimate of drug-likeness (QED) is 0.686. The van der Waals surface area contributed by atoms with Crippen LogP contribution in [-0.2, 0) is 4.79 Å². The molecule has 0 radical (unpaired) electrons. The van der Waals surface area contributed by atoms with Crippen LogP contribution in [0.5, 0.6) is 0 Å². The molecule has 6 atom stereocenters. The van der Waals surface area contributed by atoms with Gasteiger partial charge in [0.2, 0.25) is 5.91 Å². The van der Waals surface area contributed by atoms with Gasteiger partial charge in [0.15, 0.2) is 5.60 Å². The van der Waals surface area contributed by atoms with Crippen LogP contribution in [0.1, 0.15) is 65.7 Å². The Labute approximate surface area is 153 Å². The van der Waals surface area contributed by atoms with E-state index in [9.17, 15) is 28.2 Å². The highest BCUT2D eigenvalue weighted by atomic mass is 19.4. The van der Waals surface area contributed by atoms with E-state index >= 15 is 0 Å². The number of aliphatic hydroxyl groups excluding tert-OH is 1. The van der Waals surface area contributed by atoms with E-state index in [2.05, 4.69) is 12.2 Å². The van der Waals surface area contributed by atoms with E-state index < -0.39 is 24.1 Å². The van der Waals surface area contributed by atoms with Gasteiger partial charge in [-0.05, 0) is 55.8 Å². The number of hydrogen-bond acceptors (Lipinski definition) is 3. The number of amides is 1. The number of carbonyl (C=O) groups is 1. The lowest BCUT2D eigenvalue weighted by Gasteiger charge is -2.54. The van der Waals surface area contributed by atoms with Crippen LogP contribution in [0.4, 0.5) is 13.2 Å². The second-order valence-corrected chi connectivity index (χ2v) is 8.84. The van der Waals surface area contributed by atoms with Gasteiger partial charge < -0.3 is 15.5 Å². The van der Waals surface area contributed by atoms with E-state index in [4.69, 9.17) is 0 Å². The molecule has 26 heavy (non-hydrogen) atoms. The van der Waals surface area contributed by atoms with Crippen LogP contribution in [0.3, 0.4) is 0 Å². The molecule has 7 heteroatoms. The van der Waals surface area contributed by atoms with Gasteiger partial charge in [0.05, 0.1) is 12.5 Å². The third-order valence-electron chi connectivity index (χ3n) is 6.83. The van der Waals surface area contributed by atoms with Gasteiger partial charge in [0, 0.05) is 6.54 Å². The zero-order valence-corrected chi connectivity index (χ0v) is 15.9. The topological polar surface area (TPSA) is 69.6 Å². The molecule has 2 aliphatic rings. The molecule has 4 nitrogen and oxygen atoms in total. The number of nitrogens with one attached hydrogen (secondary N) is 1. The molecule has 0 spiro atoms. The standard InChI is InChI=1S/C19H32F3NO3/c1-12(11-23-16(25)10-18(3,26)19(20,21)22)13-6-4-7-14-15(24)8-5-9-17(13,14)2/h12-15,24,26H,4-11H2,1-3H3,(H,23,25)/t12-,13-,14+,15+,17-,18-/m1/s1. The molecule has 1 amide bonds. The van der Waals surface area contributed by atoms with Crippen LogP contribution >= 0.6 is 0 Å². The maximum atomic E-state index is 12.7. The van der Waals surface area contributed by atoms with Crippen LogP contribution in [0.2, 0.25) is 0 Å². The van der Waals surface area contributed by atoms with Crippen LogP contribution in [0.25, 0.3) is 0 Å². The monoisotopic (exact) mass is 379 g/mol. The number of aliphatic hydroxyl groups is 2. The van der Waals surface area contributed by atoms with Crippen LogP contribution in [0, 0.1) is 23.2 Å². The summed E-state index contributed by atoms with van der Waals surface area (Å²) in [7, 11) is 0. The molecule has 2 aliphatic carbocycles. The highest BCUT2D eigenvalue weighted by Gasteiger charge is 2.52. The van der Waals surface area contributed by atoms with Gasteiger partial charge in [-0.3, -0.25) is 4.79 Å². The predicted octanol–water partition coefficient (Wildman–Crippen LogP) is 3.41. The van der Waals surface area contributed by atoms with Crippen molar-refractivity contribution >= 4 is 5.91 Å². The van der Waals surface area contributed by atoms with Crippen molar-refractivity contribution in [3.8, 4) is 0 Å². The maximum absolute atomic E-state index is 12.7. The molecule has 0 saturated heterocycles. The first kappa shape index (κ1) is 21.5. The fourth-order valence-corrected chi connectivity index (χ4v) is 5.22. The van der Waals surface area contributed by atoms with Gasteiger partial charge in [-0.1, -0.05) is 26.7 Å². The van der Waals surface area contributed by atoms with E-state index in [-0.39, 0.29) is 29.9 Å². The zero-order valence-electron chi connectivity index (χ0n) is 15.9. The van der Waals surface area contributed by atoms with Gasteiger partial charge in [0.1, 0.15) is 0 Å². The molecule has 2 rings (SSSR count). The molecular weight excluding hydrogens is 347 g/mol. The van der Waals surface area contributed by atoms with Gasteiger partial charge in [0.25, 0.3) is 0 Å². The molecule has 2 fully saturated rings. The van der Waals surface area contributed by atoms with E-state index in [0.717, 1.165) is 38.5 Å². The molecule has 152 valence electrons. The first-order valence-corrected chi connectivity index (χ1v) is 9.62. The summed E-state index contributed by atoms with van der Waals surface area (Å²) in [5, 5.41) is 22.4. The highest BCUT2D eigenvalue weighted by molar-refractivity contribution is 5.77. The summed E-state index contributed by atoms with van der Waals surface area (Å²) in [4.78, 5) is 11.9. The van der Waals surface area contributed by atoms with Gasteiger partial charge in [-0.25, -0.2) is 0 Å². The van der Waals surface area contributed by atoms with Crippen molar-refractivity contribution in [2.75, 3.05) is 6.54 Å². The Morgan fingerprint density at radius 3 is 2.54 bits per heavy atom. The fraction of sp³-hybridized carbons (Fsp3) is 0.947. The molecule has 0 aliphatic heterocycles. The molecular formula is C19H32F3NO3. The molecule has 2 saturated carbocycles. The molecule has 0 aromatic heterocycles. The number of hydrogen-bond donors (Lipinski definition) is 3. The van der Waals surface area contributed by atoms with E-state index in [1.54, 1.807) is 0 Å². The first-order chi connectivity index (χ1) is 11.9. The average molecular weight is 379 g/mol. The predicted molar refractivity (Wildman–Crippen MR) is 92.3 cm³/mol. The Balaban J connectivity index is 1.95. The van der Waals surface area contributed by atoms with Crippen molar-refractivity contribution in [2.24, 2.45) is 23.2 Å². The Hall–Kier alpha value is -0.820. The molecule has 3 N–H and O–H groups in total. The Morgan fingerprint density at radius 2 is 1.92 bits per heavy atom. The second kappa shape index (κ2) is 7.66. The Morgan fingerprint density at radius 1 is 1.27 bits per heavy atom. The molecule has 0 aromatic carbocycles. The summed E-state index contributed by atoms with van der Waals surface area (Å²) in [6, 6.07) is 0. The van der Waals surface area contributed by atoms with Crippen molar-refractivity contribution in [3.63, 3.8) is 0 Å². The lowest BCUT2D eigenvalue weighted by atomic mass is 9.52. The number of rotatable bonds is 5. The summed E-state index contributed by atoms with van der Waals surface area (Å²) >= 11 is 0. The normalized spacial score (nSPS) is 35.9. The third kappa shape index (κ3) is 4.35. The van der Waals surface area contributed by atoms with Crippen molar-refractivity contribution in [2.45, 2.75) is 83.6 Å². The fourth-order valence-electron chi connectivity index (χ4n) is 5.22. The minimum absolute atomic E-state index is 0.0114. The van der Waals surface area contributed by atoms with E-state index in [1.807, 2.05) is 6.92 Å². The smallest absolute Gasteiger partial charge is 0.393 e. The second-order valence-electron chi connectivity index (χ2n) is 8.84. The summed E-state index contributed by atoms with van der Waals surface area (Å²) in [6.07, 6.45) is -0.185. The molecule has 0 aromatic rings. The minimum Gasteiger partial charge on any atom is -0.393 e. The summed E-state index contributed by atoms with van der Waals surface area (Å²) < 4.78 is 38.1. The van der Waals surface area contributed by atoms with Crippen molar-refractivity contribution in [1.29, 1.82) is 0 Å². The summed E-state index contributed by atoms with van der Waals surface area (Å²) in [5.41, 5.74) is -3.01. The van der Waals surface area contributed by atoms with E-state index in [1.165, 1.54) is 0 Å². The van der Waals surface area contributed by atoms with Crippen LogP contribution < -0.4 is 5.32 Å². The molecule has 0 heterocycles. The van der Waals surface area contributed by atoms with Gasteiger partial charge in [-0.15, -0.1) is 0 Å². The molecule has 0 bridgehead atoms. The largest absolute Gasteiger partial charge is 0.417 e. The summed E-state index contributed by atoms with van der Waals surface area (Å²) in [5.74, 6) is -0.105. The summed E-state index contributed by atoms with van der Waals surface area (Å²) in [6.45, 7) is 5.14. The first-order valence-electron chi connectivity index (χ1n) is 9.62. The molecule has 0 unspecified atom stereocenters. The maximum Gasteiger partial charge on any atom is 0.417 e. The van der Waals surface area contributed by atoms with Crippen molar-refractivity contribution < 1.29 is 28.2 Å². The van der Waals surface area contributed by atoms with Crippen molar-refractivity contribution in [3.05, 3.63) is 0 Å². The Bertz CT molecular complexity index is 509. The van der Waals surface area contributed by atoms with E-state index in [0.29, 0.717) is 12.8 Å². The lowest BCUT2D eigenvalue weighted by molar-refractivity contribution is -0.253. The zero-order chi connectivity index (χ0) is 19.8. The number of carbonyl (C=O) groups excluding carboxylic acids is 1. The van der Waals surface area contributed by atoms with Crippen LogP contribution in [0.15, 0.2) is 0 Å². The van der Waals surface area contributed by atoms with Crippen LogP contribution in [-0.4, -0.2) is 40.5 Å². The van der Waals surface area contributed by atoms with Crippen molar-refractivity contribution in [1.82, 2.24) is 5.32 Å². The minimum atomic E-state index is -4.84. The van der Waals surface area contributed by atoms with Gasteiger partial charge in [-0.2, -0.15) is 13.2 Å². The number of alkyl halides is 3. The number of fused-ring (bicyclic) bond motifs is 1. The highest BCUT2D eigenvalue weighted by Crippen LogP contribution is 2.55.